The van der Waals surface area contributed by atoms with Crippen LogP contribution in [0.2, 0.25) is 0 Å². The molecule has 2 saturated carbocycles. The van der Waals surface area contributed by atoms with Gasteiger partial charge in [-0.25, -0.2) is 4.79 Å². The maximum atomic E-state index is 12.2. The number of carbonyl (C=O) groups is 3. The fourth-order valence-electron chi connectivity index (χ4n) is 4.07. The fraction of sp³-hybridized carbons (Fsp3) is 0.722. The van der Waals surface area contributed by atoms with E-state index in [9.17, 15) is 14.4 Å². The Balaban J connectivity index is 1.49. The summed E-state index contributed by atoms with van der Waals surface area (Å²) in [5, 5.41) is 0. The third-order valence-corrected chi connectivity index (χ3v) is 5.33. The van der Waals surface area contributed by atoms with Gasteiger partial charge in [-0.2, -0.15) is 0 Å². The van der Waals surface area contributed by atoms with Gasteiger partial charge < -0.3 is 14.2 Å². The molecule has 3 aliphatic rings. The standard InChI is InChI=1S/C18H24O6/c1-9(2)16(20)24-18(3,4)6-5-13(19)22-14-10-7-11-12(8-10)17(21)23-15(11)14/h10-12,14-15H,1,5-8H2,2-4H3. The molecule has 132 valence electrons. The van der Waals surface area contributed by atoms with Crippen LogP contribution in [0.4, 0.5) is 0 Å². The summed E-state index contributed by atoms with van der Waals surface area (Å²) in [6, 6.07) is 0. The van der Waals surface area contributed by atoms with E-state index in [0.29, 0.717) is 12.0 Å². The van der Waals surface area contributed by atoms with Crippen LogP contribution >= 0.6 is 0 Å². The monoisotopic (exact) mass is 336 g/mol. The summed E-state index contributed by atoms with van der Waals surface area (Å²) in [6.45, 7) is 8.63. The van der Waals surface area contributed by atoms with Gasteiger partial charge in [0.1, 0.15) is 17.8 Å². The summed E-state index contributed by atoms with van der Waals surface area (Å²) in [7, 11) is 0. The average molecular weight is 336 g/mol. The van der Waals surface area contributed by atoms with Gasteiger partial charge in [0, 0.05) is 23.8 Å². The lowest BCUT2D eigenvalue weighted by atomic mass is 9.88. The highest BCUT2D eigenvalue weighted by atomic mass is 16.6. The van der Waals surface area contributed by atoms with Crippen molar-refractivity contribution in [3.05, 3.63) is 12.2 Å². The summed E-state index contributed by atoms with van der Waals surface area (Å²) < 4.78 is 16.3. The van der Waals surface area contributed by atoms with Gasteiger partial charge in [-0.15, -0.1) is 0 Å². The van der Waals surface area contributed by atoms with Gasteiger partial charge >= 0.3 is 17.9 Å². The van der Waals surface area contributed by atoms with Crippen LogP contribution in [0, 0.1) is 17.8 Å². The fourth-order valence-corrected chi connectivity index (χ4v) is 4.07. The van der Waals surface area contributed by atoms with E-state index >= 15 is 0 Å². The highest BCUT2D eigenvalue weighted by Crippen LogP contribution is 2.55. The van der Waals surface area contributed by atoms with E-state index in [1.54, 1.807) is 20.8 Å². The molecule has 0 N–H and O–H groups in total. The molecule has 0 amide bonds. The number of carbonyl (C=O) groups excluding carboxylic acids is 3. The first kappa shape index (κ1) is 17.0. The third-order valence-electron chi connectivity index (χ3n) is 5.33. The van der Waals surface area contributed by atoms with Crippen molar-refractivity contribution in [1.82, 2.24) is 0 Å². The van der Waals surface area contributed by atoms with Crippen molar-refractivity contribution in [3.63, 3.8) is 0 Å². The quantitative estimate of drug-likeness (QED) is 0.420. The van der Waals surface area contributed by atoms with Crippen LogP contribution in [-0.2, 0) is 28.6 Å². The number of hydrogen-bond acceptors (Lipinski definition) is 6. The van der Waals surface area contributed by atoms with Gasteiger partial charge in [0.15, 0.2) is 0 Å². The van der Waals surface area contributed by atoms with E-state index in [1.807, 2.05) is 0 Å². The van der Waals surface area contributed by atoms with E-state index in [-0.39, 0.29) is 48.3 Å². The van der Waals surface area contributed by atoms with Gasteiger partial charge in [0.05, 0.1) is 5.92 Å². The van der Waals surface area contributed by atoms with E-state index in [4.69, 9.17) is 14.2 Å². The van der Waals surface area contributed by atoms with Crippen LogP contribution in [0.1, 0.15) is 46.5 Å². The lowest BCUT2D eigenvalue weighted by Gasteiger charge is -2.27. The van der Waals surface area contributed by atoms with Crippen LogP contribution in [0.5, 0.6) is 0 Å². The van der Waals surface area contributed by atoms with E-state index in [2.05, 4.69) is 6.58 Å². The van der Waals surface area contributed by atoms with E-state index < -0.39 is 11.6 Å². The number of ether oxygens (including phenoxy) is 3. The first-order chi connectivity index (χ1) is 11.2. The van der Waals surface area contributed by atoms with Crippen molar-refractivity contribution in [3.8, 4) is 0 Å². The Kier molecular flexibility index (Phi) is 4.18. The Labute approximate surface area is 141 Å². The Hall–Kier alpha value is -1.85. The molecule has 6 heteroatoms. The van der Waals surface area contributed by atoms with Crippen molar-refractivity contribution < 1.29 is 28.6 Å². The SMILES string of the molecule is C=C(C)C(=O)OC(C)(C)CCC(=O)OC1C2CC3C(=O)OC1C3C2. The summed E-state index contributed by atoms with van der Waals surface area (Å²) in [4.78, 5) is 35.5. The minimum atomic E-state index is -0.769. The molecule has 0 aromatic carbocycles. The Morgan fingerprint density at radius 3 is 2.71 bits per heavy atom. The van der Waals surface area contributed by atoms with Crippen molar-refractivity contribution in [2.75, 3.05) is 0 Å². The molecule has 0 spiro atoms. The van der Waals surface area contributed by atoms with Gasteiger partial charge in [0.25, 0.3) is 0 Å². The van der Waals surface area contributed by atoms with Crippen LogP contribution in [0.15, 0.2) is 12.2 Å². The Bertz CT molecular complexity index is 592. The summed E-state index contributed by atoms with van der Waals surface area (Å²) >= 11 is 0. The van der Waals surface area contributed by atoms with Crippen molar-refractivity contribution >= 4 is 17.9 Å². The first-order valence-electron chi connectivity index (χ1n) is 8.47. The zero-order valence-electron chi connectivity index (χ0n) is 14.4. The van der Waals surface area contributed by atoms with Crippen LogP contribution in [-0.4, -0.2) is 35.7 Å². The molecule has 0 aromatic heterocycles. The van der Waals surface area contributed by atoms with E-state index in [1.165, 1.54) is 0 Å². The highest BCUT2D eigenvalue weighted by molar-refractivity contribution is 5.87. The molecule has 1 aliphatic heterocycles. The minimum Gasteiger partial charge on any atom is -0.458 e. The van der Waals surface area contributed by atoms with Crippen LogP contribution < -0.4 is 0 Å². The average Bonchev–Trinajstić information content (AvgIpc) is 3.09. The smallest absolute Gasteiger partial charge is 0.333 e. The summed E-state index contributed by atoms with van der Waals surface area (Å²) in [5.41, 5.74) is -0.445. The summed E-state index contributed by atoms with van der Waals surface area (Å²) in [6.07, 6.45) is 1.60. The molecule has 1 saturated heterocycles. The number of fused-ring (bicyclic) bond motifs is 1. The van der Waals surface area contributed by atoms with Crippen molar-refractivity contribution in [2.45, 2.75) is 64.3 Å². The topological polar surface area (TPSA) is 78.9 Å². The minimum absolute atomic E-state index is 0.00967. The van der Waals surface area contributed by atoms with Gasteiger partial charge in [-0.3, -0.25) is 9.59 Å². The van der Waals surface area contributed by atoms with Gasteiger partial charge in [-0.1, -0.05) is 6.58 Å². The lowest BCUT2D eigenvalue weighted by molar-refractivity contribution is -0.164. The van der Waals surface area contributed by atoms with Crippen LogP contribution in [0.3, 0.4) is 0 Å². The second-order valence-electron chi connectivity index (χ2n) is 7.79. The lowest BCUT2D eigenvalue weighted by Crippen LogP contribution is -2.36. The molecule has 0 aromatic rings. The molecule has 5 atom stereocenters. The molecule has 0 radical (unpaired) electrons. The molecular weight excluding hydrogens is 312 g/mol. The normalized spacial score (nSPS) is 33.3. The number of rotatable bonds is 6. The Morgan fingerprint density at radius 1 is 1.33 bits per heavy atom. The molecule has 6 nitrogen and oxygen atoms in total. The maximum absolute atomic E-state index is 12.2. The second kappa shape index (κ2) is 5.90. The Morgan fingerprint density at radius 2 is 2.04 bits per heavy atom. The second-order valence-corrected chi connectivity index (χ2v) is 7.79. The molecule has 3 rings (SSSR count). The van der Waals surface area contributed by atoms with Gasteiger partial charge in [0.2, 0.25) is 0 Å². The van der Waals surface area contributed by atoms with Crippen LogP contribution in [0.25, 0.3) is 0 Å². The third kappa shape index (κ3) is 3.06. The number of hydrogen-bond donors (Lipinski definition) is 0. The van der Waals surface area contributed by atoms with Crippen molar-refractivity contribution in [2.24, 2.45) is 17.8 Å². The molecular formula is C18H24O6. The molecule has 24 heavy (non-hydrogen) atoms. The molecule has 2 bridgehead atoms. The summed E-state index contributed by atoms with van der Waals surface area (Å²) in [5.74, 6) is -0.492. The molecule has 3 fully saturated rings. The largest absolute Gasteiger partial charge is 0.458 e. The van der Waals surface area contributed by atoms with E-state index in [0.717, 1.165) is 12.8 Å². The molecule has 2 aliphatic carbocycles. The number of esters is 3. The predicted molar refractivity (Wildman–Crippen MR) is 83.7 cm³/mol. The first-order valence-corrected chi connectivity index (χ1v) is 8.47. The predicted octanol–water partition coefficient (Wildman–Crippen LogP) is 2.16. The molecule has 1 heterocycles. The van der Waals surface area contributed by atoms with Gasteiger partial charge in [-0.05, 0) is 40.0 Å². The highest BCUT2D eigenvalue weighted by Gasteiger charge is 2.63. The maximum Gasteiger partial charge on any atom is 0.333 e. The molecule has 5 unspecified atom stereocenters. The zero-order valence-corrected chi connectivity index (χ0v) is 14.4. The zero-order chi connectivity index (χ0) is 17.6. The van der Waals surface area contributed by atoms with Crippen molar-refractivity contribution in [1.29, 1.82) is 0 Å².